The molecule has 0 bridgehead atoms. The van der Waals surface area contributed by atoms with Gasteiger partial charge in [0.05, 0.1) is 12.7 Å². The van der Waals surface area contributed by atoms with E-state index in [-0.39, 0.29) is 6.61 Å². The Labute approximate surface area is 206 Å². The molecule has 0 amide bonds. The molecule has 1 N–H and O–H groups in total. The molecular formula is C20H29Cl3O10. The lowest BCUT2D eigenvalue weighted by molar-refractivity contribution is -0.297. The SMILES string of the molecule is C[C@@H]1O[C@@H](OC[C@H]2O[C@@H]3OC(C)(C)O[C@@H]3[C@H]3OC(C)(C)O[C@H]32)[C@H](O)[C@H]2O[C@H](C(Cl)(Cl)Cl)O[C@H]21. The minimum absolute atomic E-state index is 0.0359. The number of ether oxygens (including phenoxy) is 9. The molecule has 0 radical (unpaired) electrons. The van der Waals surface area contributed by atoms with Crippen molar-refractivity contribution in [2.45, 2.75) is 118 Å². The van der Waals surface area contributed by atoms with Crippen LogP contribution in [-0.4, -0.2) is 94.8 Å². The topological polar surface area (TPSA) is 103 Å². The summed E-state index contributed by atoms with van der Waals surface area (Å²) >= 11 is 17.7. The Hall–Kier alpha value is 0.470. The van der Waals surface area contributed by atoms with Crippen LogP contribution in [0.4, 0.5) is 0 Å². The number of aliphatic hydroxyl groups excluding tert-OH is 1. The molecule has 10 nitrogen and oxygen atoms in total. The van der Waals surface area contributed by atoms with Gasteiger partial charge in [-0.2, -0.15) is 0 Å². The van der Waals surface area contributed by atoms with Gasteiger partial charge < -0.3 is 47.7 Å². The average Bonchev–Trinajstić information content (AvgIpc) is 3.34. The molecule has 5 aliphatic heterocycles. The zero-order valence-corrected chi connectivity index (χ0v) is 21.1. The molecule has 13 heteroatoms. The molecule has 5 heterocycles. The third-order valence-electron chi connectivity index (χ3n) is 6.26. The molecule has 0 saturated carbocycles. The van der Waals surface area contributed by atoms with Crippen molar-refractivity contribution in [3.8, 4) is 0 Å². The summed E-state index contributed by atoms with van der Waals surface area (Å²) in [5, 5.41) is 10.8. The monoisotopic (exact) mass is 534 g/mol. The van der Waals surface area contributed by atoms with Crippen LogP contribution in [0.3, 0.4) is 0 Å². The normalized spacial score (nSPS) is 50.6. The van der Waals surface area contributed by atoms with Gasteiger partial charge in [-0.1, -0.05) is 34.8 Å². The largest absolute Gasteiger partial charge is 0.385 e. The Morgan fingerprint density at radius 2 is 1.39 bits per heavy atom. The lowest BCUT2D eigenvalue weighted by atomic mass is 9.99. The zero-order valence-electron chi connectivity index (χ0n) is 18.8. The van der Waals surface area contributed by atoms with Gasteiger partial charge in [0.2, 0.25) is 10.1 Å². The van der Waals surface area contributed by atoms with Crippen molar-refractivity contribution >= 4 is 34.8 Å². The molecule has 5 fully saturated rings. The van der Waals surface area contributed by atoms with E-state index in [1.54, 1.807) is 6.92 Å². The number of halogens is 3. The Morgan fingerprint density at radius 3 is 2.09 bits per heavy atom. The van der Waals surface area contributed by atoms with E-state index in [0.717, 1.165) is 0 Å². The Kier molecular flexibility index (Phi) is 6.48. The van der Waals surface area contributed by atoms with Gasteiger partial charge in [-0.05, 0) is 34.6 Å². The first-order valence-electron chi connectivity index (χ1n) is 10.9. The van der Waals surface area contributed by atoms with Crippen molar-refractivity contribution in [1.82, 2.24) is 0 Å². The van der Waals surface area contributed by atoms with Crippen molar-refractivity contribution in [3.63, 3.8) is 0 Å². The second-order valence-corrected chi connectivity index (χ2v) is 12.2. The van der Waals surface area contributed by atoms with Crippen LogP contribution in [0.25, 0.3) is 0 Å². The number of fused-ring (bicyclic) bond motifs is 4. The first kappa shape index (κ1) is 25.1. The summed E-state index contributed by atoms with van der Waals surface area (Å²) in [7, 11) is 0. The summed E-state index contributed by atoms with van der Waals surface area (Å²) in [5.41, 5.74) is 0. The van der Waals surface area contributed by atoms with E-state index in [1.165, 1.54) is 0 Å². The second-order valence-electron chi connectivity index (χ2n) is 9.82. The number of hydrogen-bond acceptors (Lipinski definition) is 10. The molecule has 0 aromatic heterocycles. The fourth-order valence-corrected chi connectivity index (χ4v) is 5.27. The van der Waals surface area contributed by atoms with Crippen LogP contribution >= 0.6 is 34.8 Å². The number of rotatable bonds is 3. The predicted octanol–water partition coefficient (Wildman–Crippen LogP) is 1.99. The van der Waals surface area contributed by atoms with Gasteiger partial charge in [0.1, 0.15) is 42.7 Å². The van der Waals surface area contributed by atoms with Gasteiger partial charge in [-0.25, -0.2) is 0 Å². The third-order valence-corrected chi connectivity index (χ3v) is 6.79. The minimum Gasteiger partial charge on any atom is -0.385 e. The van der Waals surface area contributed by atoms with Crippen LogP contribution in [0.15, 0.2) is 0 Å². The maximum Gasteiger partial charge on any atom is 0.240 e. The smallest absolute Gasteiger partial charge is 0.240 e. The predicted molar refractivity (Wildman–Crippen MR) is 113 cm³/mol. The van der Waals surface area contributed by atoms with Crippen molar-refractivity contribution in [1.29, 1.82) is 0 Å². The Bertz CT molecular complexity index is 748. The molecule has 5 aliphatic rings. The quantitative estimate of drug-likeness (QED) is 0.540. The van der Waals surface area contributed by atoms with Crippen LogP contribution in [0.2, 0.25) is 0 Å². The number of aliphatic hydroxyl groups is 1. The molecule has 5 saturated heterocycles. The standard InChI is InChI=1S/C20H29Cl3O10/c1-7-10-12(29-17(28-10)20(21,22)23)9(24)15(26-7)25-6-8-11-13(31-18(2,3)30-11)14-16(27-8)33-19(4,5)32-14/h7-17,24H,6H2,1-5H3/t7-,8+,9+,10-,11-,12+,13-,14+,15+,16+,17+/m0/s1. The Morgan fingerprint density at radius 1 is 0.788 bits per heavy atom. The molecule has 0 aromatic rings. The van der Waals surface area contributed by atoms with E-state index in [9.17, 15) is 5.11 Å². The highest BCUT2D eigenvalue weighted by molar-refractivity contribution is 6.67. The summed E-state index contributed by atoms with van der Waals surface area (Å²) in [6.07, 6.45) is -7.76. The average molecular weight is 536 g/mol. The first-order valence-corrected chi connectivity index (χ1v) is 12.1. The van der Waals surface area contributed by atoms with Crippen molar-refractivity contribution in [2.75, 3.05) is 6.61 Å². The lowest BCUT2D eigenvalue weighted by Crippen LogP contribution is -2.59. The van der Waals surface area contributed by atoms with E-state index < -0.39 is 83.1 Å². The van der Waals surface area contributed by atoms with Crippen LogP contribution in [0.5, 0.6) is 0 Å². The Balaban J connectivity index is 1.26. The summed E-state index contributed by atoms with van der Waals surface area (Å²) in [4.78, 5) is 0. The summed E-state index contributed by atoms with van der Waals surface area (Å²) in [6.45, 7) is 9.09. The van der Waals surface area contributed by atoms with Crippen molar-refractivity contribution in [2.24, 2.45) is 0 Å². The molecular weight excluding hydrogens is 507 g/mol. The molecule has 0 unspecified atom stereocenters. The van der Waals surface area contributed by atoms with Crippen molar-refractivity contribution < 1.29 is 47.7 Å². The maximum absolute atomic E-state index is 10.8. The number of hydrogen-bond donors (Lipinski definition) is 1. The molecule has 5 rings (SSSR count). The molecule has 0 aromatic carbocycles. The fourth-order valence-electron chi connectivity index (χ4n) is 4.96. The second kappa shape index (κ2) is 8.51. The van der Waals surface area contributed by atoms with Gasteiger partial charge in [0.25, 0.3) is 0 Å². The van der Waals surface area contributed by atoms with E-state index >= 15 is 0 Å². The summed E-state index contributed by atoms with van der Waals surface area (Å²) in [6, 6.07) is 0. The maximum atomic E-state index is 10.8. The minimum atomic E-state index is -1.81. The molecule has 33 heavy (non-hydrogen) atoms. The van der Waals surface area contributed by atoms with E-state index in [4.69, 9.17) is 77.4 Å². The van der Waals surface area contributed by atoms with E-state index in [2.05, 4.69) is 0 Å². The van der Waals surface area contributed by atoms with Crippen molar-refractivity contribution in [3.05, 3.63) is 0 Å². The third kappa shape index (κ3) is 4.77. The lowest BCUT2D eigenvalue weighted by Gasteiger charge is -2.41. The molecule has 11 atom stereocenters. The van der Waals surface area contributed by atoms with E-state index in [1.807, 2.05) is 27.7 Å². The van der Waals surface area contributed by atoms with Crippen LogP contribution in [0.1, 0.15) is 34.6 Å². The fraction of sp³-hybridized carbons (Fsp3) is 1.00. The molecule has 0 spiro atoms. The highest BCUT2D eigenvalue weighted by Crippen LogP contribution is 2.45. The summed E-state index contributed by atoms with van der Waals surface area (Å²) in [5.74, 6) is -1.65. The van der Waals surface area contributed by atoms with Crippen LogP contribution < -0.4 is 0 Å². The van der Waals surface area contributed by atoms with Crippen LogP contribution in [-0.2, 0) is 42.6 Å². The molecule has 190 valence electrons. The highest BCUT2D eigenvalue weighted by Gasteiger charge is 2.61. The summed E-state index contributed by atoms with van der Waals surface area (Å²) < 4.78 is 51.5. The van der Waals surface area contributed by atoms with Gasteiger partial charge in [-0.3, -0.25) is 0 Å². The molecule has 0 aliphatic carbocycles. The van der Waals surface area contributed by atoms with Gasteiger partial charge >= 0.3 is 0 Å². The van der Waals surface area contributed by atoms with Gasteiger partial charge in [0.15, 0.2) is 24.2 Å². The highest BCUT2D eigenvalue weighted by atomic mass is 35.6. The van der Waals surface area contributed by atoms with Gasteiger partial charge in [-0.15, -0.1) is 0 Å². The zero-order chi connectivity index (χ0) is 23.9. The van der Waals surface area contributed by atoms with Gasteiger partial charge in [0, 0.05) is 0 Å². The van der Waals surface area contributed by atoms with E-state index in [0.29, 0.717) is 0 Å². The first-order chi connectivity index (χ1) is 15.2. The van der Waals surface area contributed by atoms with Crippen LogP contribution in [0, 0.1) is 0 Å². The number of alkyl halides is 3.